The summed E-state index contributed by atoms with van der Waals surface area (Å²) in [5.41, 5.74) is 1.86. The average molecular weight is 402 g/mol. The fourth-order valence-corrected chi connectivity index (χ4v) is 6.37. The van der Waals surface area contributed by atoms with Crippen LogP contribution in [0.5, 0.6) is 0 Å². The van der Waals surface area contributed by atoms with E-state index in [9.17, 15) is 14.4 Å². The Balaban J connectivity index is 1.74. The molecule has 4 aliphatic rings. The maximum absolute atomic E-state index is 12.8. The van der Waals surface area contributed by atoms with Crippen LogP contribution in [0.2, 0.25) is 0 Å². The third kappa shape index (κ3) is 2.94. The Morgan fingerprint density at radius 3 is 2.59 bits per heavy atom. The molecule has 6 atom stereocenters. The fourth-order valence-electron chi connectivity index (χ4n) is 6.37. The first kappa shape index (κ1) is 20.2. The van der Waals surface area contributed by atoms with Gasteiger partial charge in [0.2, 0.25) is 0 Å². The summed E-state index contributed by atoms with van der Waals surface area (Å²) in [5, 5.41) is 0. The highest BCUT2D eigenvalue weighted by Gasteiger charge is 2.59. The number of ketones is 1. The summed E-state index contributed by atoms with van der Waals surface area (Å²) < 4.78 is 15.2. The minimum atomic E-state index is -0.672. The van der Waals surface area contributed by atoms with Crippen LogP contribution in [-0.4, -0.2) is 38.2 Å². The lowest BCUT2D eigenvalue weighted by Crippen LogP contribution is -2.49. The second-order valence-corrected chi connectivity index (χ2v) is 9.38. The number of hydrogen-bond acceptors (Lipinski definition) is 6. The first-order chi connectivity index (χ1) is 13.7. The molecular formula is C23H30O6. The Kier molecular flexibility index (Phi) is 4.87. The fraction of sp³-hybridized carbons (Fsp3) is 0.696. The van der Waals surface area contributed by atoms with Gasteiger partial charge in [-0.25, -0.2) is 4.79 Å². The molecule has 6 nitrogen and oxygen atoms in total. The predicted octanol–water partition coefficient (Wildman–Crippen LogP) is 3.99. The van der Waals surface area contributed by atoms with E-state index in [1.807, 2.05) is 0 Å². The second kappa shape index (κ2) is 6.99. The third-order valence-electron chi connectivity index (χ3n) is 8.11. The quantitative estimate of drug-likeness (QED) is 0.513. The van der Waals surface area contributed by atoms with Crippen molar-refractivity contribution >= 4 is 17.9 Å². The standard InChI is InChI=1S/C23H30O6/c1-22-9-7-14(29-21(26)28-4)11-13(22)12-15(20(25)27-3)19-16-5-6-18(24)23(16,2)10-8-17(19)22/h8,12,14-16,19H,5-7,9-11H2,1-4H3/t14-,15+,16?,19?,22-,23-/m0/s1. The number of methoxy groups -OCH3 is 2. The van der Waals surface area contributed by atoms with Gasteiger partial charge in [-0.3, -0.25) is 9.59 Å². The first-order valence-corrected chi connectivity index (χ1v) is 10.5. The zero-order valence-corrected chi connectivity index (χ0v) is 17.7. The lowest BCUT2D eigenvalue weighted by molar-refractivity contribution is -0.147. The van der Waals surface area contributed by atoms with Gasteiger partial charge in [0, 0.05) is 29.6 Å². The molecule has 0 aromatic heterocycles. The molecule has 0 amide bonds. The van der Waals surface area contributed by atoms with Crippen LogP contribution in [0.3, 0.4) is 0 Å². The summed E-state index contributed by atoms with van der Waals surface area (Å²) in [5.74, 6) is -0.175. The summed E-state index contributed by atoms with van der Waals surface area (Å²) in [4.78, 5) is 37.0. The monoisotopic (exact) mass is 402 g/mol. The van der Waals surface area contributed by atoms with Gasteiger partial charge in [0.15, 0.2) is 0 Å². The molecule has 0 spiro atoms. The minimum Gasteiger partial charge on any atom is -0.469 e. The number of carbonyl (C=O) groups is 3. The third-order valence-corrected chi connectivity index (χ3v) is 8.11. The normalized spacial score (nSPS) is 40.6. The molecule has 0 bridgehead atoms. The van der Waals surface area contributed by atoms with Crippen LogP contribution in [0.15, 0.2) is 23.3 Å². The summed E-state index contributed by atoms with van der Waals surface area (Å²) in [6.07, 6.45) is 7.70. The summed E-state index contributed by atoms with van der Waals surface area (Å²) in [6.45, 7) is 4.30. The number of hydrogen-bond donors (Lipinski definition) is 0. The Morgan fingerprint density at radius 2 is 1.90 bits per heavy atom. The smallest absolute Gasteiger partial charge is 0.469 e. The van der Waals surface area contributed by atoms with Gasteiger partial charge in [-0.05, 0) is 31.6 Å². The van der Waals surface area contributed by atoms with E-state index in [4.69, 9.17) is 9.47 Å². The molecule has 2 fully saturated rings. The van der Waals surface area contributed by atoms with E-state index >= 15 is 0 Å². The molecule has 2 unspecified atom stereocenters. The first-order valence-electron chi connectivity index (χ1n) is 10.5. The van der Waals surface area contributed by atoms with Crippen molar-refractivity contribution in [1.29, 1.82) is 0 Å². The Hall–Kier alpha value is -2.11. The molecule has 29 heavy (non-hydrogen) atoms. The van der Waals surface area contributed by atoms with Crippen LogP contribution >= 0.6 is 0 Å². The zero-order valence-electron chi connectivity index (χ0n) is 17.7. The zero-order chi connectivity index (χ0) is 21.0. The number of Topliss-reactive ketones (excluding diaryl/α,β-unsaturated/α-hetero) is 1. The molecule has 4 rings (SSSR count). The van der Waals surface area contributed by atoms with Gasteiger partial charge in [-0.2, -0.15) is 0 Å². The molecule has 158 valence electrons. The van der Waals surface area contributed by atoms with Crippen LogP contribution in [0.25, 0.3) is 0 Å². The molecular weight excluding hydrogens is 372 g/mol. The molecule has 0 N–H and O–H groups in total. The maximum atomic E-state index is 12.8. The van der Waals surface area contributed by atoms with Crippen molar-refractivity contribution in [1.82, 2.24) is 0 Å². The van der Waals surface area contributed by atoms with E-state index in [0.29, 0.717) is 18.6 Å². The van der Waals surface area contributed by atoms with Gasteiger partial charge in [-0.1, -0.05) is 37.1 Å². The Morgan fingerprint density at radius 1 is 1.14 bits per heavy atom. The van der Waals surface area contributed by atoms with E-state index in [0.717, 1.165) is 31.3 Å². The van der Waals surface area contributed by atoms with Gasteiger partial charge in [0.25, 0.3) is 0 Å². The average Bonchev–Trinajstić information content (AvgIpc) is 3.02. The molecule has 2 saturated carbocycles. The van der Waals surface area contributed by atoms with Crippen LogP contribution < -0.4 is 0 Å². The topological polar surface area (TPSA) is 78.9 Å². The molecule has 4 aliphatic carbocycles. The van der Waals surface area contributed by atoms with Crippen molar-refractivity contribution in [3.05, 3.63) is 23.3 Å². The predicted molar refractivity (Wildman–Crippen MR) is 105 cm³/mol. The van der Waals surface area contributed by atoms with Crippen molar-refractivity contribution in [3.63, 3.8) is 0 Å². The largest absolute Gasteiger partial charge is 0.508 e. The summed E-state index contributed by atoms with van der Waals surface area (Å²) in [7, 11) is 2.73. The summed E-state index contributed by atoms with van der Waals surface area (Å²) >= 11 is 0. The van der Waals surface area contributed by atoms with Crippen LogP contribution in [0.4, 0.5) is 4.79 Å². The van der Waals surface area contributed by atoms with Gasteiger partial charge in [0.1, 0.15) is 11.9 Å². The molecule has 6 heteroatoms. The van der Waals surface area contributed by atoms with Gasteiger partial charge < -0.3 is 14.2 Å². The van der Waals surface area contributed by atoms with E-state index in [1.165, 1.54) is 19.8 Å². The van der Waals surface area contributed by atoms with E-state index in [1.54, 1.807) is 0 Å². The van der Waals surface area contributed by atoms with Crippen molar-refractivity contribution < 1.29 is 28.6 Å². The number of carbonyl (C=O) groups excluding carboxylic acids is 3. The van der Waals surface area contributed by atoms with E-state index in [-0.39, 0.29) is 34.7 Å². The number of esters is 1. The Bertz CT molecular complexity index is 810. The van der Waals surface area contributed by atoms with Gasteiger partial charge >= 0.3 is 12.1 Å². The number of fused-ring (bicyclic) bond motifs is 5. The molecule has 0 aromatic rings. The lowest BCUT2D eigenvalue weighted by atomic mass is 9.50. The minimum absolute atomic E-state index is 0.000486. The number of rotatable bonds is 2. The SMILES string of the molecule is COC(=O)O[C@H]1CC[C@@]2(C)C(=C[C@@H](C(=O)OC)C3C2=CC[C@]2(C)C(=O)CCC32)C1. The molecule has 0 saturated heterocycles. The molecule has 0 aromatic carbocycles. The van der Waals surface area contributed by atoms with Crippen LogP contribution in [-0.2, 0) is 23.8 Å². The molecule has 0 aliphatic heterocycles. The van der Waals surface area contributed by atoms with Crippen molar-refractivity contribution in [3.8, 4) is 0 Å². The van der Waals surface area contributed by atoms with Crippen molar-refractivity contribution in [2.24, 2.45) is 28.6 Å². The van der Waals surface area contributed by atoms with Gasteiger partial charge in [-0.15, -0.1) is 0 Å². The highest BCUT2D eigenvalue weighted by molar-refractivity contribution is 5.88. The molecule has 0 heterocycles. The number of ether oxygens (including phenoxy) is 3. The second-order valence-electron chi connectivity index (χ2n) is 9.38. The summed E-state index contributed by atoms with van der Waals surface area (Å²) in [6, 6.07) is 0. The van der Waals surface area contributed by atoms with E-state index < -0.39 is 12.1 Å². The van der Waals surface area contributed by atoms with Crippen LogP contribution in [0, 0.1) is 28.6 Å². The van der Waals surface area contributed by atoms with Crippen molar-refractivity contribution in [2.75, 3.05) is 14.2 Å². The van der Waals surface area contributed by atoms with Gasteiger partial charge in [0.05, 0.1) is 20.1 Å². The van der Waals surface area contributed by atoms with E-state index in [2.05, 4.69) is 30.7 Å². The van der Waals surface area contributed by atoms with Crippen molar-refractivity contribution in [2.45, 2.75) is 58.5 Å². The Labute approximate surface area is 171 Å². The number of allylic oxidation sites excluding steroid dienone is 2. The maximum Gasteiger partial charge on any atom is 0.508 e. The molecule has 0 radical (unpaired) electrons. The lowest BCUT2D eigenvalue weighted by Gasteiger charge is -2.54. The van der Waals surface area contributed by atoms with Crippen LogP contribution in [0.1, 0.15) is 52.4 Å². The highest BCUT2D eigenvalue weighted by atomic mass is 16.7. The highest BCUT2D eigenvalue weighted by Crippen LogP contribution is 2.63.